The molecule has 2 N–H and O–H groups in total. The number of rotatable bonds is 4. The normalized spacial score (nSPS) is 10.9. The van der Waals surface area contributed by atoms with E-state index in [2.05, 4.69) is 10.6 Å². The first kappa shape index (κ1) is 18.4. The Kier molecular flexibility index (Phi) is 5.75. The molecular formula is C19H21FN2O3. The maximum Gasteiger partial charge on any atom is 0.407 e. The van der Waals surface area contributed by atoms with Crippen molar-refractivity contribution < 1.29 is 18.7 Å². The number of hydrogen-bond acceptors (Lipinski definition) is 3. The highest BCUT2D eigenvalue weighted by molar-refractivity contribution is 6.04. The lowest BCUT2D eigenvalue weighted by molar-refractivity contribution is 0.0523. The van der Waals surface area contributed by atoms with Crippen LogP contribution in [-0.4, -0.2) is 17.6 Å². The predicted molar refractivity (Wildman–Crippen MR) is 93.9 cm³/mol. The molecule has 2 rings (SSSR count). The quantitative estimate of drug-likeness (QED) is 0.877. The molecule has 0 aliphatic rings. The summed E-state index contributed by atoms with van der Waals surface area (Å²) < 4.78 is 18.7. The van der Waals surface area contributed by atoms with Gasteiger partial charge in [-0.05, 0) is 50.6 Å². The van der Waals surface area contributed by atoms with Gasteiger partial charge in [0.2, 0.25) is 0 Å². The van der Waals surface area contributed by atoms with Crippen LogP contribution in [0.5, 0.6) is 0 Å². The maximum absolute atomic E-state index is 13.6. The number of carbonyl (C=O) groups excluding carboxylic acids is 2. The summed E-state index contributed by atoms with van der Waals surface area (Å²) in [5.74, 6) is -0.897. The van der Waals surface area contributed by atoms with Crippen LogP contribution in [0, 0.1) is 5.82 Å². The number of benzene rings is 2. The van der Waals surface area contributed by atoms with E-state index in [1.165, 1.54) is 12.1 Å². The van der Waals surface area contributed by atoms with Gasteiger partial charge in [-0.1, -0.05) is 24.3 Å². The third-order valence-corrected chi connectivity index (χ3v) is 3.17. The minimum atomic E-state index is -0.557. The van der Waals surface area contributed by atoms with Crippen LogP contribution in [-0.2, 0) is 11.3 Å². The van der Waals surface area contributed by atoms with E-state index in [4.69, 9.17) is 4.74 Å². The van der Waals surface area contributed by atoms with Gasteiger partial charge in [0, 0.05) is 12.1 Å². The summed E-state index contributed by atoms with van der Waals surface area (Å²) >= 11 is 0. The first-order valence-corrected chi connectivity index (χ1v) is 7.86. The van der Waals surface area contributed by atoms with Crippen molar-refractivity contribution in [3.8, 4) is 0 Å². The Hall–Kier alpha value is -2.89. The Labute approximate surface area is 146 Å². The monoisotopic (exact) mass is 344 g/mol. The summed E-state index contributed by atoms with van der Waals surface area (Å²) in [5, 5.41) is 5.16. The van der Waals surface area contributed by atoms with Crippen molar-refractivity contribution in [3.05, 3.63) is 65.5 Å². The van der Waals surface area contributed by atoms with Gasteiger partial charge in [-0.2, -0.15) is 0 Å². The lowest BCUT2D eigenvalue weighted by Crippen LogP contribution is -2.32. The molecule has 0 heterocycles. The fraction of sp³-hybridized carbons (Fsp3) is 0.263. The maximum atomic E-state index is 13.6. The molecular weight excluding hydrogens is 323 g/mol. The second-order valence-corrected chi connectivity index (χ2v) is 6.49. The molecule has 0 aliphatic carbocycles. The summed E-state index contributed by atoms with van der Waals surface area (Å²) in [5.41, 5.74) is 0.777. The molecule has 0 spiro atoms. The van der Waals surface area contributed by atoms with Crippen LogP contribution in [0.4, 0.5) is 14.9 Å². The zero-order valence-corrected chi connectivity index (χ0v) is 14.4. The van der Waals surface area contributed by atoms with E-state index >= 15 is 0 Å². The van der Waals surface area contributed by atoms with Crippen LogP contribution in [0.2, 0.25) is 0 Å². The molecule has 132 valence electrons. The van der Waals surface area contributed by atoms with E-state index in [1.807, 2.05) is 0 Å². The zero-order valence-electron chi connectivity index (χ0n) is 14.4. The predicted octanol–water partition coefficient (Wildman–Crippen LogP) is 4.10. The third-order valence-electron chi connectivity index (χ3n) is 3.17. The van der Waals surface area contributed by atoms with Gasteiger partial charge in [0.05, 0.1) is 5.69 Å². The summed E-state index contributed by atoms with van der Waals surface area (Å²) in [7, 11) is 0. The number of alkyl carbamates (subject to hydrolysis) is 1. The van der Waals surface area contributed by atoms with Crippen molar-refractivity contribution in [3.63, 3.8) is 0 Å². The Morgan fingerprint density at radius 3 is 2.28 bits per heavy atom. The van der Waals surface area contributed by atoms with Crippen molar-refractivity contribution in [2.75, 3.05) is 5.32 Å². The second-order valence-electron chi connectivity index (χ2n) is 6.49. The molecule has 0 unspecified atom stereocenters. The van der Waals surface area contributed by atoms with Crippen LogP contribution < -0.4 is 10.6 Å². The van der Waals surface area contributed by atoms with Crippen LogP contribution in [0.25, 0.3) is 0 Å². The molecule has 0 saturated carbocycles. The van der Waals surface area contributed by atoms with Crippen molar-refractivity contribution in [1.29, 1.82) is 0 Å². The van der Waals surface area contributed by atoms with Gasteiger partial charge in [-0.25, -0.2) is 9.18 Å². The first-order valence-electron chi connectivity index (χ1n) is 7.86. The third kappa shape index (κ3) is 5.91. The number of halogens is 1. The molecule has 0 fully saturated rings. The molecule has 0 aromatic heterocycles. The molecule has 0 bridgehead atoms. The molecule has 0 atom stereocenters. The number of para-hydroxylation sites is 1. The largest absolute Gasteiger partial charge is 0.444 e. The van der Waals surface area contributed by atoms with Gasteiger partial charge in [0.25, 0.3) is 5.91 Å². The van der Waals surface area contributed by atoms with E-state index < -0.39 is 23.4 Å². The minimum Gasteiger partial charge on any atom is -0.444 e. The minimum absolute atomic E-state index is 0.128. The molecule has 0 saturated heterocycles. The molecule has 2 aromatic rings. The molecule has 25 heavy (non-hydrogen) atoms. The summed E-state index contributed by atoms with van der Waals surface area (Å²) in [6.45, 7) is 5.64. The van der Waals surface area contributed by atoms with Gasteiger partial charge in [0.1, 0.15) is 11.4 Å². The molecule has 2 aromatic carbocycles. The fourth-order valence-corrected chi connectivity index (χ4v) is 2.02. The average Bonchev–Trinajstić information content (AvgIpc) is 2.54. The summed E-state index contributed by atoms with van der Waals surface area (Å²) in [6.07, 6.45) is -0.506. The number of amides is 2. The van der Waals surface area contributed by atoms with Gasteiger partial charge < -0.3 is 15.4 Å². The van der Waals surface area contributed by atoms with Crippen molar-refractivity contribution >= 4 is 17.7 Å². The molecule has 6 heteroatoms. The van der Waals surface area contributed by atoms with E-state index in [9.17, 15) is 14.0 Å². The van der Waals surface area contributed by atoms with E-state index in [0.29, 0.717) is 5.56 Å². The lowest BCUT2D eigenvalue weighted by atomic mass is 10.1. The Bertz CT molecular complexity index is 752. The molecule has 0 aliphatic heterocycles. The van der Waals surface area contributed by atoms with Crippen LogP contribution in [0.1, 0.15) is 36.7 Å². The number of nitrogens with one attached hydrogen (secondary N) is 2. The molecule has 0 radical (unpaired) electrons. The highest BCUT2D eigenvalue weighted by atomic mass is 19.1. The molecule has 2 amide bonds. The van der Waals surface area contributed by atoms with Crippen LogP contribution in [0.3, 0.4) is 0 Å². The van der Waals surface area contributed by atoms with Gasteiger partial charge >= 0.3 is 6.09 Å². The second kappa shape index (κ2) is 7.79. The van der Waals surface area contributed by atoms with Crippen molar-refractivity contribution in [2.24, 2.45) is 0 Å². The average molecular weight is 344 g/mol. The molecule has 5 nitrogen and oxygen atoms in total. The van der Waals surface area contributed by atoms with Gasteiger partial charge in [-0.3, -0.25) is 4.79 Å². The van der Waals surface area contributed by atoms with Crippen LogP contribution >= 0.6 is 0 Å². The topological polar surface area (TPSA) is 67.4 Å². The van der Waals surface area contributed by atoms with Crippen molar-refractivity contribution in [2.45, 2.75) is 32.9 Å². The number of hydrogen-bond donors (Lipinski definition) is 2. The summed E-state index contributed by atoms with van der Waals surface area (Å²) in [4.78, 5) is 23.7. The highest BCUT2D eigenvalue weighted by Gasteiger charge is 2.15. The van der Waals surface area contributed by atoms with E-state index in [-0.39, 0.29) is 12.2 Å². The van der Waals surface area contributed by atoms with E-state index in [1.54, 1.807) is 57.2 Å². The Morgan fingerprint density at radius 1 is 1.04 bits per heavy atom. The summed E-state index contributed by atoms with van der Waals surface area (Å²) in [6, 6.07) is 12.6. The smallest absolute Gasteiger partial charge is 0.407 e. The first-order chi connectivity index (χ1) is 11.7. The SMILES string of the molecule is CC(C)(C)OC(=O)NCc1ccc(C(=O)Nc2ccccc2F)cc1. The number of anilines is 1. The van der Waals surface area contributed by atoms with Gasteiger partial charge in [0.15, 0.2) is 0 Å². The van der Waals surface area contributed by atoms with Gasteiger partial charge in [-0.15, -0.1) is 0 Å². The lowest BCUT2D eigenvalue weighted by Gasteiger charge is -2.19. The van der Waals surface area contributed by atoms with Crippen LogP contribution in [0.15, 0.2) is 48.5 Å². The Morgan fingerprint density at radius 2 is 1.68 bits per heavy atom. The van der Waals surface area contributed by atoms with E-state index in [0.717, 1.165) is 5.56 Å². The standard InChI is InChI=1S/C19H21FN2O3/c1-19(2,3)25-18(24)21-12-13-8-10-14(11-9-13)17(23)22-16-7-5-4-6-15(16)20/h4-11H,12H2,1-3H3,(H,21,24)(H,22,23). The van der Waals surface area contributed by atoms with Crippen molar-refractivity contribution in [1.82, 2.24) is 5.32 Å². The highest BCUT2D eigenvalue weighted by Crippen LogP contribution is 2.14. The number of carbonyl (C=O) groups is 2. The fourth-order valence-electron chi connectivity index (χ4n) is 2.02. The Balaban J connectivity index is 1.92. The number of ether oxygens (including phenoxy) is 1. The zero-order chi connectivity index (χ0) is 18.4.